The number of ether oxygens (including phenoxy) is 3. The summed E-state index contributed by atoms with van der Waals surface area (Å²) in [6, 6.07) is 6.42. The van der Waals surface area contributed by atoms with Crippen molar-refractivity contribution < 1.29 is 14.2 Å². The van der Waals surface area contributed by atoms with Crippen LogP contribution in [0.25, 0.3) is 0 Å². The number of hydrogen-bond acceptors (Lipinski definition) is 5. The topological polar surface area (TPSA) is 57.0 Å². The van der Waals surface area contributed by atoms with E-state index in [-0.39, 0.29) is 12.1 Å². The van der Waals surface area contributed by atoms with Gasteiger partial charge >= 0.3 is 0 Å². The summed E-state index contributed by atoms with van der Waals surface area (Å²) >= 11 is 0. The zero-order valence-electron chi connectivity index (χ0n) is 13.3. The third-order valence-electron chi connectivity index (χ3n) is 4.33. The summed E-state index contributed by atoms with van der Waals surface area (Å²) in [4.78, 5) is 2.31. The second kappa shape index (κ2) is 7.11. The third kappa shape index (κ3) is 3.48. The number of benzene rings is 1. The molecule has 0 bridgehead atoms. The Bertz CT molecular complexity index is 445. The Balaban J connectivity index is 2.27. The average Bonchev–Trinajstić information content (AvgIpc) is 2.93. The molecule has 3 atom stereocenters. The maximum Gasteiger partial charge on any atom is 0.122 e. The first-order valence-corrected chi connectivity index (χ1v) is 7.37. The molecule has 1 aliphatic heterocycles. The molecule has 1 aromatic rings. The Morgan fingerprint density at radius 2 is 1.90 bits per heavy atom. The highest BCUT2D eigenvalue weighted by molar-refractivity contribution is 5.40. The summed E-state index contributed by atoms with van der Waals surface area (Å²) in [5.41, 5.74) is 7.14. The molecule has 1 heterocycles. The van der Waals surface area contributed by atoms with Crippen molar-refractivity contribution in [3.63, 3.8) is 0 Å². The van der Waals surface area contributed by atoms with Gasteiger partial charge in [-0.05, 0) is 38.1 Å². The van der Waals surface area contributed by atoms with Crippen molar-refractivity contribution >= 4 is 0 Å². The van der Waals surface area contributed by atoms with E-state index in [9.17, 15) is 0 Å². The van der Waals surface area contributed by atoms with E-state index >= 15 is 0 Å². The molecule has 5 heteroatoms. The standard InChI is InChI=1S/C16H26N2O3/c1-11-15(5-6-21-11)18(2)16(10-17)12-7-13(19-3)9-14(8-12)20-4/h7-9,11,15-16H,5-6,10,17H2,1-4H3. The van der Waals surface area contributed by atoms with Crippen LogP contribution in [0.15, 0.2) is 18.2 Å². The fraction of sp³-hybridized carbons (Fsp3) is 0.625. The van der Waals surface area contributed by atoms with E-state index in [1.54, 1.807) is 14.2 Å². The second-order valence-corrected chi connectivity index (χ2v) is 5.49. The van der Waals surface area contributed by atoms with Gasteiger partial charge in [-0.3, -0.25) is 4.90 Å². The lowest BCUT2D eigenvalue weighted by Gasteiger charge is -2.34. The monoisotopic (exact) mass is 294 g/mol. The number of nitrogens with zero attached hydrogens (tertiary/aromatic N) is 1. The first-order valence-electron chi connectivity index (χ1n) is 7.37. The Hall–Kier alpha value is -1.30. The van der Waals surface area contributed by atoms with Crippen LogP contribution in [0.3, 0.4) is 0 Å². The molecule has 0 aromatic heterocycles. The highest BCUT2D eigenvalue weighted by Crippen LogP contribution is 2.31. The number of methoxy groups -OCH3 is 2. The molecule has 0 aliphatic carbocycles. The van der Waals surface area contributed by atoms with Gasteiger partial charge in [0.2, 0.25) is 0 Å². The van der Waals surface area contributed by atoms with Gasteiger partial charge in [0, 0.05) is 31.3 Å². The van der Waals surface area contributed by atoms with Crippen LogP contribution in [0.2, 0.25) is 0 Å². The van der Waals surface area contributed by atoms with Gasteiger partial charge in [0.05, 0.1) is 20.3 Å². The number of rotatable bonds is 6. The molecule has 1 fully saturated rings. The predicted molar refractivity (Wildman–Crippen MR) is 82.9 cm³/mol. The van der Waals surface area contributed by atoms with Gasteiger partial charge in [-0.2, -0.15) is 0 Å². The molecule has 0 amide bonds. The lowest BCUT2D eigenvalue weighted by atomic mass is 10.0. The summed E-state index contributed by atoms with van der Waals surface area (Å²) in [5, 5.41) is 0. The molecule has 0 spiro atoms. The Kier molecular flexibility index (Phi) is 5.45. The third-order valence-corrected chi connectivity index (χ3v) is 4.33. The SMILES string of the molecule is COc1cc(OC)cc(C(CN)N(C)C2CCOC2C)c1. The molecule has 5 nitrogen and oxygen atoms in total. The lowest BCUT2D eigenvalue weighted by molar-refractivity contribution is 0.0685. The fourth-order valence-corrected chi connectivity index (χ4v) is 3.05. The highest BCUT2D eigenvalue weighted by atomic mass is 16.5. The number of hydrogen-bond donors (Lipinski definition) is 1. The van der Waals surface area contributed by atoms with Gasteiger partial charge in [0.25, 0.3) is 0 Å². The van der Waals surface area contributed by atoms with Crippen molar-refractivity contribution in [3.05, 3.63) is 23.8 Å². The Morgan fingerprint density at radius 3 is 2.33 bits per heavy atom. The van der Waals surface area contributed by atoms with Crippen molar-refractivity contribution in [1.82, 2.24) is 4.90 Å². The molecule has 1 saturated heterocycles. The molecule has 0 saturated carbocycles. The average molecular weight is 294 g/mol. The molecular formula is C16H26N2O3. The zero-order valence-corrected chi connectivity index (χ0v) is 13.3. The Morgan fingerprint density at radius 1 is 1.29 bits per heavy atom. The van der Waals surface area contributed by atoms with Crippen LogP contribution in [-0.4, -0.2) is 51.5 Å². The van der Waals surface area contributed by atoms with Crippen molar-refractivity contribution in [1.29, 1.82) is 0 Å². The summed E-state index contributed by atoms with van der Waals surface area (Å²) in [7, 11) is 5.43. The first-order chi connectivity index (χ1) is 10.1. The van der Waals surface area contributed by atoms with Crippen LogP contribution in [0, 0.1) is 0 Å². The van der Waals surface area contributed by atoms with Crippen LogP contribution in [0.1, 0.15) is 24.9 Å². The van der Waals surface area contributed by atoms with Gasteiger partial charge in [-0.25, -0.2) is 0 Å². The van der Waals surface area contributed by atoms with Crippen molar-refractivity contribution in [2.24, 2.45) is 5.73 Å². The van der Waals surface area contributed by atoms with E-state index < -0.39 is 0 Å². The maximum atomic E-state index is 6.04. The van der Waals surface area contributed by atoms with Gasteiger partial charge < -0.3 is 19.9 Å². The van der Waals surface area contributed by atoms with Gasteiger partial charge in [-0.1, -0.05) is 0 Å². The zero-order chi connectivity index (χ0) is 15.4. The normalized spacial score (nSPS) is 23.3. The van der Waals surface area contributed by atoms with Crippen molar-refractivity contribution in [3.8, 4) is 11.5 Å². The van der Waals surface area contributed by atoms with Crippen LogP contribution in [-0.2, 0) is 4.74 Å². The van der Waals surface area contributed by atoms with E-state index in [1.165, 1.54) is 0 Å². The minimum absolute atomic E-state index is 0.114. The second-order valence-electron chi connectivity index (χ2n) is 5.49. The molecule has 3 unspecified atom stereocenters. The number of nitrogens with two attached hydrogens (primary N) is 1. The van der Waals surface area contributed by atoms with Gasteiger partial charge in [-0.15, -0.1) is 0 Å². The smallest absolute Gasteiger partial charge is 0.122 e. The summed E-state index contributed by atoms with van der Waals surface area (Å²) in [5.74, 6) is 1.57. The van der Waals surface area contributed by atoms with E-state index in [2.05, 4.69) is 18.9 Å². The number of likely N-dealkylation sites (N-methyl/N-ethyl adjacent to an activating group) is 1. The molecular weight excluding hydrogens is 268 g/mol. The largest absolute Gasteiger partial charge is 0.497 e. The molecule has 1 aromatic carbocycles. The molecule has 2 rings (SSSR count). The van der Waals surface area contributed by atoms with E-state index in [0.717, 1.165) is 30.1 Å². The van der Waals surface area contributed by atoms with Gasteiger partial charge in [0.1, 0.15) is 11.5 Å². The van der Waals surface area contributed by atoms with Crippen molar-refractivity contribution in [2.75, 3.05) is 34.4 Å². The molecule has 1 aliphatic rings. The predicted octanol–water partition coefficient (Wildman–Crippen LogP) is 1.81. The van der Waals surface area contributed by atoms with E-state index in [4.69, 9.17) is 19.9 Å². The molecule has 118 valence electrons. The van der Waals surface area contributed by atoms with Crippen LogP contribution in [0.5, 0.6) is 11.5 Å². The van der Waals surface area contributed by atoms with Crippen LogP contribution in [0.4, 0.5) is 0 Å². The highest BCUT2D eigenvalue weighted by Gasteiger charge is 2.32. The summed E-state index contributed by atoms with van der Waals surface area (Å²) in [6.45, 7) is 3.47. The van der Waals surface area contributed by atoms with Crippen LogP contribution >= 0.6 is 0 Å². The van der Waals surface area contributed by atoms with E-state index in [1.807, 2.05) is 18.2 Å². The summed E-state index contributed by atoms with van der Waals surface area (Å²) < 4.78 is 16.4. The van der Waals surface area contributed by atoms with Crippen LogP contribution < -0.4 is 15.2 Å². The Labute approximate surface area is 127 Å². The molecule has 0 radical (unpaired) electrons. The molecule has 21 heavy (non-hydrogen) atoms. The molecule has 2 N–H and O–H groups in total. The minimum Gasteiger partial charge on any atom is -0.497 e. The minimum atomic E-state index is 0.114. The van der Waals surface area contributed by atoms with Crippen molar-refractivity contribution in [2.45, 2.75) is 31.5 Å². The van der Waals surface area contributed by atoms with E-state index in [0.29, 0.717) is 12.6 Å². The first kappa shape index (κ1) is 16.1. The van der Waals surface area contributed by atoms with Gasteiger partial charge in [0.15, 0.2) is 0 Å². The lowest BCUT2D eigenvalue weighted by Crippen LogP contribution is -2.42. The summed E-state index contributed by atoms with van der Waals surface area (Å²) in [6.07, 6.45) is 1.27. The fourth-order valence-electron chi connectivity index (χ4n) is 3.05. The maximum absolute atomic E-state index is 6.04. The quantitative estimate of drug-likeness (QED) is 0.867.